The zero-order valence-electron chi connectivity index (χ0n) is 11.0. The van der Waals surface area contributed by atoms with Gasteiger partial charge in [0.2, 0.25) is 0 Å². The fourth-order valence-corrected chi connectivity index (χ4v) is 4.16. The largest absolute Gasteiger partial charge is 0.490 e. The summed E-state index contributed by atoms with van der Waals surface area (Å²) in [6.07, 6.45) is 4.14. The van der Waals surface area contributed by atoms with Crippen molar-refractivity contribution in [3.63, 3.8) is 0 Å². The second kappa shape index (κ2) is 5.28. The van der Waals surface area contributed by atoms with Crippen LogP contribution >= 0.6 is 0 Å². The van der Waals surface area contributed by atoms with Crippen LogP contribution in [0, 0.1) is 5.92 Å². The minimum atomic E-state index is -2.84. The monoisotopic (exact) mass is 292 g/mol. The van der Waals surface area contributed by atoms with Gasteiger partial charge in [-0.05, 0) is 18.6 Å². The maximum atomic E-state index is 11.4. The van der Waals surface area contributed by atoms with E-state index in [4.69, 9.17) is 4.74 Å². The molecular weight excluding hydrogens is 276 g/mol. The number of ether oxygens (including phenoxy) is 1. The molecule has 0 bridgehead atoms. The SMILES string of the molecule is O=S1(=O)CCC(COc2cnn(-c3ccccc3)c2)C1. The standard InChI is InChI=1S/C14H16N2O3S/c17-20(18)7-6-12(11-20)10-19-14-8-15-16(9-14)13-4-2-1-3-5-13/h1-5,8-9,12H,6-7,10-11H2. The van der Waals surface area contributed by atoms with E-state index in [1.165, 1.54) is 0 Å². The van der Waals surface area contributed by atoms with E-state index in [1.807, 2.05) is 30.3 Å². The summed E-state index contributed by atoms with van der Waals surface area (Å²) in [5.74, 6) is 1.28. The van der Waals surface area contributed by atoms with Crippen LogP contribution in [-0.2, 0) is 9.84 Å². The van der Waals surface area contributed by atoms with Gasteiger partial charge in [-0.3, -0.25) is 0 Å². The third kappa shape index (κ3) is 3.01. The first-order valence-corrected chi connectivity index (χ1v) is 8.38. The molecule has 1 aromatic carbocycles. The molecule has 0 radical (unpaired) electrons. The zero-order chi connectivity index (χ0) is 14.0. The van der Waals surface area contributed by atoms with Gasteiger partial charge in [0.05, 0.1) is 36.2 Å². The van der Waals surface area contributed by atoms with Gasteiger partial charge in [-0.25, -0.2) is 13.1 Å². The lowest BCUT2D eigenvalue weighted by atomic mass is 10.1. The molecule has 1 fully saturated rings. The summed E-state index contributed by atoms with van der Waals surface area (Å²) in [6, 6.07) is 9.76. The predicted octanol–water partition coefficient (Wildman–Crippen LogP) is 1.69. The first kappa shape index (κ1) is 13.2. The van der Waals surface area contributed by atoms with Crippen molar-refractivity contribution >= 4 is 9.84 Å². The van der Waals surface area contributed by atoms with E-state index in [-0.39, 0.29) is 17.4 Å². The molecule has 0 N–H and O–H groups in total. The summed E-state index contributed by atoms with van der Waals surface area (Å²) in [4.78, 5) is 0. The Morgan fingerprint density at radius 2 is 2.10 bits per heavy atom. The molecule has 1 unspecified atom stereocenters. The van der Waals surface area contributed by atoms with E-state index >= 15 is 0 Å². The maximum Gasteiger partial charge on any atom is 0.157 e. The van der Waals surface area contributed by atoms with Gasteiger partial charge in [0.1, 0.15) is 0 Å². The van der Waals surface area contributed by atoms with E-state index in [9.17, 15) is 8.42 Å². The minimum Gasteiger partial charge on any atom is -0.490 e. The molecule has 5 nitrogen and oxygen atoms in total. The lowest BCUT2D eigenvalue weighted by Gasteiger charge is -2.08. The fraction of sp³-hybridized carbons (Fsp3) is 0.357. The Balaban J connectivity index is 1.61. The lowest BCUT2D eigenvalue weighted by Crippen LogP contribution is -2.13. The molecule has 106 valence electrons. The third-order valence-corrected chi connectivity index (χ3v) is 5.23. The summed E-state index contributed by atoms with van der Waals surface area (Å²) in [7, 11) is -2.84. The molecular formula is C14H16N2O3S. The Morgan fingerprint density at radius 3 is 2.80 bits per heavy atom. The summed E-state index contributed by atoms with van der Waals surface area (Å²) in [5.41, 5.74) is 0.964. The molecule has 2 heterocycles. The van der Waals surface area contributed by atoms with Crippen molar-refractivity contribution in [2.75, 3.05) is 18.1 Å². The fourth-order valence-electron chi connectivity index (χ4n) is 2.32. The molecule has 0 aliphatic carbocycles. The Morgan fingerprint density at radius 1 is 1.30 bits per heavy atom. The molecule has 1 aromatic heterocycles. The summed E-state index contributed by atoms with van der Waals surface area (Å²) in [5, 5.41) is 4.23. The van der Waals surface area contributed by atoms with Crippen molar-refractivity contribution in [3.8, 4) is 11.4 Å². The van der Waals surface area contributed by atoms with Gasteiger partial charge in [-0.1, -0.05) is 18.2 Å². The number of sulfone groups is 1. The smallest absolute Gasteiger partial charge is 0.157 e. The number of nitrogens with zero attached hydrogens (tertiary/aromatic N) is 2. The molecule has 0 saturated carbocycles. The normalized spacial score (nSPS) is 20.9. The van der Waals surface area contributed by atoms with Crippen LogP contribution in [0.4, 0.5) is 0 Å². The van der Waals surface area contributed by atoms with Crippen LogP contribution in [0.25, 0.3) is 5.69 Å². The van der Waals surface area contributed by atoms with Crippen molar-refractivity contribution in [3.05, 3.63) is 42.7 Å². The van der Waals surface area contributed by atoms with E-state index in [0.717, 1.165) is 5.69 Å². The Kier molecular flexibility index (Phi) is 3.48. The zero-order valence-corrected chi connectivity index (χ0v) is 11.8. The van der Waals surface area contributed by atoms with Crippen molar-refractivity contribution in [2.45, 2.75) is 6.42 Å². The number of para-hydroxylation sites is 1. The molecule has 1 aliphatic rings. The number of hydrogen-bond acceptors (Lipinski definition) is 4. The van der Waals surface area contributed by atoms with E-state index < -0.39 is 9.84 Å². The van der Waals surface area contributed by atoms with Crippen LogP contribution in [0.3, 0.4) is 0 Å². The van der Waals surface area contributed by atoms with E-state index in [2.05, 4.69) is 5.10 Å². The van der Waals surface area contributed by atoms with Gasteiger partial charge in [0, 0.05) is 5.92 Å². The van der Waals surface area contributed by atoms with E-state index in [0.29, 0.717) is 18.8 Å². The van der Waals surface area contributed by atoms with Crippen LogP contribution in [0.15, 0.2) is 42.7 Å². The molecule has 3 rings (SSSR count). The highest BCUT2D eigenvalue weighted by molar-refractivity contribution is 7.91. The second-order valence-corrected chi connectivity index (χ2v) is 7.26. The quantitative estimate of drug-likeness (QED) is 0.860. The molecule has 0 amide bonds. The highest BCUT2D eigenvalue weighted by atomic mass is 32.2. The predicted molar refractivity (Wildman–Crippen MR) is 75.8 cm³/mol. The van der Waals surface area contributed by atoms with Crippen LogP contribution < -0.4 is 4.74 Å². The van der Waals surface area contributed by atoms with Gasteiger partial charge >= 0.3 is 0 Å². The van der Waals surface area contributed by atoms with Crippen LogP contribution in [0.5, 0.6) is 5.75 Å². The number of aromatic nitrogens is 2. The molecule has 1 saturated heterocycles. The Labute approximate surface area is 118 Å². The van der Waals surface area contributed by atoms with Crippen LogP contribution in [0.2, 0.25) is 0 Å². The highest BCUT2D eigenvalue weighted by Gasteiger charge is 2.28. The molecule has 0 spiro atoms. The topological polar surface area (TPSA) is 61.2 Å². The molecule has 1 aliphatic heterocycles. The highest BCUT2D eigenvalue weighted by Crippen LogP contribution is 2.20. The Bertz CT molecular complexity index is 679. The number of rotatable bonds is 4. The molecule has 2 aromatic rings. The van der Waals surface area contributed by atoms with Crippen LogP contribution in [-0.4, -0.2) is 36.3 Å². The Hall–Kier alpha value is -1.82. The molecule has 20 heavy (non-hydrogen) atoms. The minimum absolute atomic E-state index is 0.0973. The van der Waals surface area contributed by atoms with Gasteiger partial charge in [-0.2, -0.15) is 5.10 Å². The lowest BCUT2D eigenvalue weighted by molar-refractivity contribution is 0.263. The van der Waals surface area contributed by atoms with Crippen molar-refractivity contribution in [1.82, 2.24) is 9.78 Å². The maximum absolute atomic E-state index is 11.4. The van der Waals surface area contributed by atoms with Crippen molar-refractivity contribution < 1.29 is 13.2 Å². The average molecular weight is 292 g/mol. The first-order chi connectivity index (χ1) is 9.62. The van der Waals surface area contributed by atoms with Crippen molar-refractivity contribution in [1.29, 1.82) is 0 Å². The number of benzene rings is 1. The number of hydrogen-bond donors (Lipinski definition) is 0. The van der Waals surface area contributed by atoms with Gasteiger partial charge in [0.15, 0.2) is 15.6 Å². The molecule has 6 heteroatoms. The van der Waals surface area contributed by atoms with Gasteiger partial charge in [-0.15, -0.1) is 0 Å². The summed E-state index contributed by atoms with van der Waals surface area (Å²) < 4.78 is 30.1. The summed E-state index contributed by atoms with van der Waals surface area (Å²) in [6.45, 7) is 0.430. The summed E-state index contributed by atoms with van der Waals surface area (Å²) >= 11 is 0. The van der Waals surface area contributed by atoms with Gasteiger partial charge in [0.25, 0.3) is 0 Å². The molecule has 1 atom stereocenters. The second-order valence-electron chi connectivity index (χ2n) is 5.04. The average Bonchev–Trinajstić information content (AvgIpc) is 3.04. The third-order valence-electron chi connectivity index (χ3n) is 3.39. The first-order valence-electron chi connectivity index (χ1n) is 6.56. The van der Waals surface area contributed by atoms with Gasteiger partial charge < -0.3 is 4.74 Å². The van der Waals surface area contributed by atoms with E-state index in [1.54, 1.807) is 17.1 Å². The van der Waals surface area contributed by atoms with Crippen molar-refractivity contribution in [2.24, 2.45) is 5.92 Å². The van der Waals surface area contributed by atoms with Crippen LogP contribution in [0.1, 0.15) is 6.42 Å².